The molecule has 20 heavy (non-hydrogen) atoms. The second-order valence-corrected chi connectivity index (χ2v) is 4.89. The maximum Gasteiger partial charge on any atom is 0.419 e. The predicted molar refractivity (Wildman–Crippen MR) is 63.7 cm³/mol. The van der Waals surface area contributed by atoms with Crippen molar-refractivity contribution in [2.45, 2.75) is 31.4 Å². The van der Waals surface area contributed by atoms with Crippen LogP contribution in [0.3, 0.4) is 0 Å². The zero-order chi connectivity index (χ0) is 14.5. The molecule has 2 aromatic heterocycles. The van der Waals surface area contributed by atoms with Crippen LogP contribution in [0.5, 0.6) is 0 Å². The van der Waals surface area contributed by atoms with Crippen LogP contribution in [-0.4, -0.2) is 20.5 Å². The second-order valence-electron chi connectivity index (χ2n) is 4.89. The van der Waals surface area contributed by atoms with E-state index in [9.17, 15) is 23.1 Å². The van der Waals surface area contributed by atoms with Crippen LogP contribution >= 0.6 is 0 Å². The van der Waals surface area contributed by atoms with Crippen molar-refractivity contribution in [1.82, 2.24) is 9.38 Å². The van der Waals surface area contributed by atoms with Crippen molar-refractivity contribution in [2.75, 3.05) is 0 Å². The summed E-state index contributed by atoms with van der Waals surface area (Å²) < 4.78 is 39.9. The van der Waals surface area contributed by atoms with Gasteiger partial charge >= 0.3 is 12.1 Å². The Balaban J connectivity index is 2.30. The van der Waals surface area contributed by atoms with E-state index in [1.165, 1.54) is 12.3 Å². The van der Waals surface area contributed by atoms with E-state index in [1.54, 1.807) is 0 Å². The molecule has 0 atom stereocenters. The van der Waals surface area contributed by atoms with Gasteiger partial charge in [0.2, 0.25) is 0 Å². The average Bonchev–Trinajstić information content (AvgIpc) is 2.63. The van der Waals surface area contributed by atoms with Gasteiger partial charge in [0.25, 0.3) is 0 Å². The Hall–Kier alpha value is -2.05. The van der Waals surface area contributed by atoms with Crippen molar-refractivity contribution < 1.29 is 23.1 Å². The van der Waals surface area contributed by atoms with E-state index in [4.69, 9.17) is 0 Å². The Morgan fingerprint density at radius 1 is 1.40 bits per heavy atom. The number of hydrogen-bond donors (Lipinski definition) is 1. The molecule has 1 aliphatic rings. The van der Waals surface area contributed by atoms with E-state index < -0.39 is 17.7 Å². The van der Waals surface area contributed by atoms with Crippen molar-refractivity contribution in [3.05, 3.63) is 35.3 Å². The molecular weight excluding hydrogens is 273 g/mol. The lowest BCUT2D eigenvalue weighted by atomic mass is 9.82. The monoisotopic (exact) mass is 284 g/mol. The average molecular weight is 284 g/mol. The number of aromatic nitrogens is 2. The van der Waals surface area contributed by atoms with Crippen molar-refractivity contribution in [1.29, 1.82) is 0 Å². The van der Waals surface area contributed by atoms with Crippen molar-refractivity contribution >= 4 is 11.6 Å². The smallest absolute Gasteiger partial charge is 0.419 e. The molecule has 0 spiro atoms. The van der Waals surface area contributed by atoms with E-state index in [0.717, 1.165) is 29.7 Å². The fraction of sp³-hybridized carbons (Fsp3) is 0.385. The Morgan fingerprint density at radius 3 is 2.60 bits per heavy atom. The Bertz CT molecular complexity index is 687. The summed E-state index contributed by atoms with van der Waals surface area (Å²) in [7, 11) is 0. The number of alkyl halides is 3. The van der Waals surface area contributed by atoms with Gasteiger partial charge in [0.15, 0.2) is 5.69 Å². The summed E-state index contributed by atoms with van der Waals surface area (Å²) in [6, 6.07) is 2.10. The molecule has 1 fully saturated rings. The highest BCUT2D eigenvalue weighted by molar-refractivity contribution is 5.89. The zero-order valence-electron chi connectivity index (χ0n) is 10.3. The molecule has 1 saturated carbocycles. The van der Waals surface area contributed by atoms with Gasteiger partial charge in [0.1, 0.15) is 5.65 Å². The Labute approximate surface area is 111 Å². The van der Waals surface area contributed by atoms with Gasteiger partial charge in [-0.25, -0.2) is 9.78 Å². The molecule has 0 bridgehead atoms. The summed E-state index contributed by atoms with van der Waals surface area (Å²) in [4.78, 5) is 15.3. The molecule has 106 valence electrons. The third-order valence-corrected chi connectivity index (χ3v) is 3.68. The number of pyridine rings is 1. The number of carbonyl (C=O) groups is 1. The van der Waals surface area contributed by atoms with E-state index >= 15 is 0 Å². The maximum atomic E-state index is 13.0. The lowest BCUT2D eigenvalue weighted by Gasteiger charge is -2.23. The van der Waals surface area contributed by atoms with Crippen molar-refractivity contribution in [2.24, 2.45) is 0 Å². The molecule has 1 aliphatic carbocycles. The van der Waals surface area contributed by atoms with Gasteiger partial charge in [0.05, 0.1) is 11.3 Å². The summed E-state index contributed by atoms with van der Waals surface area (Å²) in [5.74, 6) is -1.30. The predicted octanol–water partition coefficient (Wildman–Crippen LogP) is 3.32. The maximum absolute atomic E-state index is 13.0. The van der Waals surface area contributed by atoms with E-state index in [1.807, 2.05) is 0 Å². The van der Waals surface area contributed by atoms with Crippen LogP contribution in [0.15, 0.2) is 18.3 Å². The van der Waals surface area contributed by atoms with E-state index in [2.05, 4.69) is 4.98 Å². The molecule has 0 aliphatic heterocycles. The molecule has 0 unspecified atom stereocenters. The summed E-state index contributed by atoms with van der Waals surface area (Å²) in [5, 5.41) is 9.27. The zero-order valence-corrected chi connectivity index (χ0v) is 10.3. The first kappa shape index (κ1) is 13.0. The van der Waals surface area contributed by atoms with E-state index in [0.29, 0.717) is 0 Å². The Morgan fingerprint density at radius 2 is 2.10 bits per heavy atom. The topological polar surface area (TPSA) is 54.6 Å². The summed E-state index contributed by atoms with van der Waals surface area (Å²) in [5.41, 5.74) is -1.14. The number of carboxylic acid groups (broad SMARTS) is 1. The molecular formula is C13H11F3N2O2. The number of hydrogen-bond acceptors (Lipinski definition) is 2. The highest BCUT2D eigenvalue weighted by atomic mass is 19.4. The molecule has 3 rings (SSSR count). The number of rotatable bonds is 2. The van der Waals surface area contributed by atoms with Gasteiger partial charge in [-0.1, -0.05) is 6.42 Å². The van der Waals surface area contributed by atoms with Crippen molar-refractivity contribution in [3.63, 3.8) is 0 Å². The van der Waals surface area contributed by atoms with Gasteiger partial charge < -0.3 is 5.11 Å². The number of nitrogens with zero attached hydrogens (tertiary/aromatic N) is 2. The normalized spacial score (nSPS) is 16.4. The highest BCUT2D eigenvalue weighted by Gasteiger charge is 2.36. The van der Waals surface area contributed by atoms with Crippen LogP contribution in [0.4, 0.5) is 13.2 Å². The standard InChI is InChI=1S/C13H11F3N2O2/c14-13(15,16)8-5-2-6-18-10(12(19)20)9(17-11(8)18)7-3-1-4-7/h2,5-7H,1,3-4H2,(H,19,20). The van der Waals surface area contributed by atoms with Crippen molar-refractivity contribution in [3.8, 4) is 0 Å². The van der Waals surface area contributed by atoms with Crippen LogP contribution in [0, 0.1) is 0 Å². The first-order valence-corrected chi connectivity index (χ1v) is 6.21. The number of aromatic carboxylic acids is 1. The van der Waals surface area contributed by atoms with Crippen LogP contribution in [-0.2, 0) is 6.18 Å². The highest BCUT2D eigenvalue weighted by Crippen LogP contribution is 2.39. The van der Waals surface area contributed by atoms with Gasteiger partial charge in [-0.05, 0) is 25.0 Å². The number of fused-ring (bicyclic) bond motifs is 1. The van der Waals surface area contributed by atoms with Crippen LogP contribution in [0.2, 0.25) is 0 Å². The number of imidazole rings is 1. The van der Waals surface area contributed by atoms with Crippen LogP contribution in [0.25, 0.3) is 5.65 Å². The van der Waals surface area contributed by atoms with Crippen LogP contribution in [0.1, 0.15) is 46.9 Å². The van der Waals surface area contributed by atoms with Gasteiger partial charge in [-0.2, -0.15) is 13.2 Å². The SMILES string of the molecule is O=C(O)c1c(C2CCC2)nc2c(C(F)(F)F)cccn12. The number of carboxylic acids is 1. The lowest BCUT2D eigenvalue weighted by molar-refractivity contribution is -0.136. The molecule has 0 amide bonds. The fourth-order valence-electron chi connectivity index (χ4n) is 2.49. The quantitative estimate of drug-likeness (QED) is 0.920. The lowest BCUT2D eigenvalue weighted by Crippen LogP contribution is -2.14. The molecule has 0 aromatic carbocycles. The second kappa shape index (κ2) is 4.22. The minimum absolute atomic E-state index is 0.0536. The first-order chi connectivity index (χ1) is 9.39. The third kappa shape index (κ3) is 1.85. The third-order valence-electron chi connectivity index (χ3n) is 3.68. The molecule has 0 radical (unpaired) electrons. The summed E-state index contributed by atoms with van der Waals surface area (Å²) in [6.45, 7) is 0. The molecule has 2 aromatic rings. The minimum atomic E-state index is -4.56. The Kier molecular flexibility index (Phi) is 2.74. The van der Waals surface area contributed by atoms with Gasteiger partial charge in [-0.15, -0.1) is 0 Å². The summed E-state index contributed by atoms with van der Waals surface area (Å²) in [6.07, 6.45) is -0.759. The molecule has 0 saturated heterocycles. The minimum Gasteiger partial charge on any atom is -0.477 e. The van der Waals surface area contributed by atoms with Gasteiger partial charge in [-0.3, -0.25) is 4.40 Å². The molecule has 1 N–H and O–H groups in total. The fourth-order valence-corrected chi connectivity index (χ4v) is 2.49. The molecule has 2 heterocycles. The van der Waals surface area contributed by atoms with E-state index in [-0.39, 0.29) is 23.0 Å². The largest absolute Gasteiger partial charge is 0.477 e. The van der Waals surface area contributed by atoms with Crippen LogP contribution < -0.4 is 0 Å². The first-order valence-electron chi connectivity index (χ1n) is 6.21. The molecule has 4 nitrogen and oxygen atoms in total. The van der Waals surface area contributed by atoms with Gasteiger partial charge in [0, 0.05) is 12.1 Å². The number of halogens is 3. The molecule has 7 heteroatoms. The summed E-state index contributed by atoms with van der Waals surface area (Å²) >= 11 is 0.